The number of benzene rings is 1. The van der Waals surface area contributed by atoms with Crippen LogP contribution in [-0.4, -0.2) is 18.6 Å². The van der Waals surface area contributed by atoms with Crippen molar-refractivity contribution in [1.29, 1.82) is 0 Å². The summed E-state index contributed by atoms with van der Waals surface area (Å²) in [6, 6.07) is 8.23. The van der Waals surface area contributed by atoms with Crippen molar-refractivity contribution in [2.75, 3.05) is 11.9 Å². The minimum Gasteiger partial charge on any atom is -0.462 e. The summed E-state index contributed by atoms with van der Waals surface area (Å²) in [4.78, 5) is 11.7. The molecule has 1 aliphatic carbocycles. The highest BCUT2D eigenvalue weighted by Crippen LogP contribution is 2.28. The van der Waals surface area contributed by atoms with E-state index in [1.807, 2.05) is 31.2 Å². The van der Waals surface area contributed by atoms with Gasteiger partial charge in [0.25, 0.3) is 0 Å². The molecule has 0 aliphatic heterocycles. The highest BCUT2D eigenvalue weighted by molar-refractivity contribution is 5.89. The van der Waals surface area contributed by atoms with Gasteiger partial charge < -0.3 is 10.1 Å². The largest absolute Gasteiger partial charge is 0.462 e. The second-order valence-corrected chi connectivity index (χ2v) is 5.98. The molecule has 3 heteroatoms. The molecule has 2 rings (SSSR count). The molecular weight excluding hydrogens is 262 g/mol. The molecule has 1 aliphatic rings. The Hall–Kier alpha value is -1.51. The number of ether oxygens (including phenoxy) is 1. The van der Waals surface area contributed by atoms with E-state index < -0.39 is 0 Å². The van der Waals surface area contributed by atoms with E-state index in [2.05, 4.69) is 12.2 Å². The van der Waals surface area contributed by atoms with Gasteiger partial charge in [0.05, 0.1) is 12.2 Å². The topological polar surface area (TPSA) is 38.3 Å². The number of rotatable bonds is 6. The fourth-order valence-corrected chi connectivity index (χ4v) is 2.93. The van der Waals surface area contributed by atoms with Crippen LogP contribution in [-0.2, 0) is 4.74 Å². The summed E-state index contributed by atoms with van der Waals surface area (Å²) >= 11 is 0. The van der Waals surface area contributed by atoms with E-state index in [0.717, 1.165) is 18.0 Å². The van der Waals surface area contributed by atoms with Gasteiger partial charge in [0.15, 0.2) is 0 Å². The van der Waals surface area contributed by atoms with Crippen LogP contribution in [0.25, 0.3) is 0 Å². The molecule has 3 nitrogen and oxygen atoms in total. The Labute approximate surface area is 128 Å². The molecule has 0 atom stereocenters. The monoisotopic (exact) mass is 289 g/mol. The van der Waals surface area contributed by atoms with E-state index in [1.54, 1.807) is 0 Å². The van der Waals surface area contributed by atoms with Crippen molar-refractivity contribution in [3.63, 3.8) is 0 Å². The first-order valence-corrected chi connectivity index (χ1v) is 8.26. The molecule has 1 aromatic carbocycles. The summed E-state index contributed by atoms with van der Waals surface area (Å²) < 4.78 is 5.13. The molecule has 0 unspecified atom stereocenters. The number of carbonyl (C=O) groups excluding carboxylic acids is 1. The lowest BCUT2D eigenvalue weighted by atomic mass is 9.84. The number of esters is 1. The van der Waals surface area contributed by atoms with Crippen LogP contribution < -0.4 is 5.32 Å². The number of anilines is 1. The predicted molar refractivity (Wildman–Crippen MR) is 86.7 cm³/mol. The molecule has 1 aromatic rings. The Morgan fingerprint density at radius 2 is 1.81 bits per heavy atom. The fourth-order valence-electron chi connectivity index (χ4n) is 2.93. The second kappa shape index (κ2) is 8.06. The van der Waals surface area contributed by atoms with Crippen molar-refractivity contribution in [3.05, 3.63) is 29.8 Å². The third-order valence-corrected chi connectivity index (χ3v) is 4.35. The molecule has 0 amide bonds. The van der Waals surface area contributed by atoms with E-state index in [9.17, 15) is 4.79 Å². The summed E-state index contributed by atoms with van der Waals surface area (Å²) in [5, 5.41) is 3.58. The summed E-state index contributed by atoms with van der Waals surface area (Å²) in [7, 11) is 0. The molecule has 1 saturated carbocycles. The Kier molecular flexibility index (Phi) is 6.09. The molecule has 0 bridgehead atoms. The zero-order valence-corrected chi connectivity index (χ0v) is 13.2. The average molecular weight is 289 g/mol. The van der Waals surface area contributed by atoms with E-state index in [1.165, 1.54) is 32.1 Å². The molecule has 21 heavy (non-hydrogen) atoms. The summed E-state index contributed by atoms with van der Waals surface area (Å²) in [6.07, 6.45) is 7.32. The summed E-state index contributed by atoms with van der Waals surface area (Å²) in [5.74, 6) is 0.686. The lowest BCUT2D eigenvalue weighted by Crippen LogP contribution is -2.25. The maximum Gasteiger partial charge on any atom is 0.338 e. The van der Waals surface area contributed by atoms with Crippen molar-refractivity contribution in [2.24, 2.45) is 5.92 Å². The lowest BCUT2D eigenvalue weighted by molar-refractivity contribution is 0.0505. The van der Waals surface area contributed by atoms with Gasteiger partial charge in [0, 0.05) is 11.7 Å². The van der Waals surface area contributed by atoms with Crippen molar-refractivity contribution in [3.8, 4) is 0 Å². The number of carbonyl (C=O) groups is 1. The SMILES string of the molecule is CCCOC(=O)c1ccc(NC2CCC(CC)CC2)cc1. The van der Waals surface area contributed by atoms with Gasteiger partial charge >= 0.3 is 5.97 Å². The van der Waals surface area contributed by atoms with Gasteiger partial charge in [-0.1, -0.05) is 20.3 Å². The van der Waals surface area contributed by atoms with Crippen LogP contribution in [0.4, 0.5) is 5.69 Å². The predicted octanol–water partition coefficient (Wildman–Crippen LogP) is 4.63. The van der Waals surface area contributed by atoms with Gasteiger partial charge in [-0.2, -0.15) is 0 Å². The van der Waals surface area contributed by atoms with Crippen LogP contribution in [0.5, 0.6) is 0 Å². The molecule has 0 heterocycles. The molecule has 0 spiro atoms. The lowest BCUT2D eigenvalue weighted by Gasteiger charge is -2.29. The quantitative estimate of drug-likeness (QED) is 0.776. The van der Waals surface area contributed by atoms with Gasteiger partial charge in [-0.3, -0.25) is 0 Å². The van der Waals surface area contributed by atoms with Gasteiger partial charge in [0.1, 0.15) is 0 Å². The third kappa shape index (κ3) is 4.76. The standard InChI is InChI=1S/C18H27NO2/c1-3-13-21-18(20)15-7-11-17(12-8-15)19-16-9-5-14(4-2)6-10-16/h7-8,11-12,14,16,19H,3-6,9-10,13H2,1-2H3. The van der Waals surface area contributed by atoms with Crippen LogP contribution in [0.3, 0.4) is 0 Å². The molecule has 1 fully saturated rings. The van der Waals surface area contributed by atoms with E-state index >= 15 is 0 Å². The number of hydrogen-bond donors (Lipinski definition) is 1. The molecule has 0 aromatic heterocycles. The third-order valence-electron chi connectivity index (χ3n) is 4.35. The molecule has 1 N–H and O–H groups in total. The van der Waals surface area contributed by atoms with E-state index in [0.29, 0.717) is 18.2 Å². The van der Waals surface area contributed by atoms with Crippen LogP contribution in [0.15, 0.2) is 24.3 Å². The molecular formula is C18H27NO2. The van der Waals surface area contributed by atoms with Crippen molar-refractivity contribution in [2.45, 2.75) is 58.4 Å². The van der Waals surface area contributed by atoms with Crippen molar-refractivity contribution >= 4 is 11.7 Å². The highest BCUT2D eigenvalue weighted by atomic mass is 16.5. The van der Waals surface area contributed by atoms with E-state index in [-0.39, 0.29) is 5.97 Å². The number of hydrogen-bond acceptors (Lipinski definition) is 3. The molecule has 0 radical (unpaired) electrons. The fraction of sp³-hybridized carbons (Fsp3) is 0.611. The van der Waals surface area contributed by atoms with Crippen molar-refractivity contribution < 1.29 is 9.53 Å². The highest BCUT2D eigenvalue weighted by Gasteiger charge is 2.19. The van der Waals surface area contributed by atoms with Crippen molar-refractivity contribution in [1.82, 2.24) is 0 Å². The van der Waals surface area contributed by atoms with Gasteiger partial charge in [-0.05, 0) is 62.3 Å². The smallest absolute Gasteiger partial charge is 0.338 e. The van der Waals surface area contributed by atoms with Crippen LogP contribution in [0.1, 0.15) is 62.7 Å². The van der Waals surface area contributed by atoms with Crippen LogP contribution in [0.2, 0.25) is 0 Å². The van der Waals surface area contributed by atoms with E-state index in [4.69, 9.17) is 4.74 Å². The van der Waals surface area contributed by atoms with Gasteiger partial charge in [0.2, 0.25) is 0 Å². The maximum atomic E-state index is 11.7. The first-order chi connectivity index (χ1) is 10.2. The zero-order valence-electron chi connectivity index (χ0n) is 13.2. The Bertz CT molecular complexity index is 433. The summed E-state index contributed by atoms with van der Waals surface area (Å²) in [5.41, 5.74) is 1.73. The Morgan fingerprint density at radius 3 is 2.38 bits per heavy atom. The number of nitrogens with one attached hydrogen (secondary N) is 1. The molecule has 116 valence electrons. The average Bonchev–Trinajstić information content (AvgIpc) is 2.54. The van der Waals surface area contributed by atoms with Crippen LogP contribution >= 0.6 is 0 Å². The Morgan fingerprint density at radius 1 is 1.14 bits per heavy atom. The normalized spacial score (nSPS) is 21.8. The van der Waals surface area contributed by atoms with Gasteiger partial charge in [-0.15, -0.1) is 0 Å². The minimum atomic E-state index is -0.230. The maximum absolute atomic E-state index is 11.7. The first-order valence-electron chi connectivity index (χ1n) is 8.26. The van der Waals surface area contributed by atoms with Gasteiger partial charge in [-0.25, -0.2) is 4.79 Å². The summed E-state index contributed by atoms with van der Waals surface area (Å²) in [6.45, 7) is 4.77. The first kappa shape index (κ1) is 15.9. The second-order valence-electron chi connectivity index (χ2n) is 5.98. The Balaban J connectivity index is 1.84. The van der Waals surface area contributed by atoms with Crippen LogP contribution in [0, 0.1) is 5.92 Å². The zero-order chi connectivity index (χ0) is 15.1. The molecule has 0 saturated heterocycles. The minimum absolute atomic E-state index is 0.230.